The van der Waals surface area contributed by atoms with E-state index in [2.05, 4.69) is 5.32 Å². The molecule has 2 amide bonds. The normalized spacial score (nSPS) is 10.7. The van der Waals surface area contributed by atoms with Crippen LogP contribution in [0.3, 0.4) is 0 Å². The first-order valence-corrected chi connectivity index (χ1v) is 10.5. The Morgan fingerprint density at radius 3 is 2.38 bits per heavy atom. The van der Waals surface area contributed by atoms with Gasteiger partial charge in [0.2, 0.25) is 5.91 Å². The zero-order valence-corrected chi connectivity index (χ0v) is 18.7. The van der Waals surface area contributed by atoms with Crippen LogP contribution in [0.1, 0.15) is 32.7 Å². The maximum atomic E-state index is 12.6. The van der Waals surface area contributed by atoms with Crippen LogP contribution in [-0.4, -0.2) is 28.0 Å². The van der Waals surface area contributed by atoms with Crippen molar-refractivity contribution < 1.29 is 14.7 Å². The Morgan fingerprint density at radius 1 is 1.06 bits per heavy atom. The number of amides is 2. The summed E-state index contributed by atoms with van der Waals surface area (Å²) in [5.74, 6) is -1.77. The molecule has 3 rings (SSSR count). The number of primary amides is 1. The number of hydrogen-bond acceptors (Lipinski definition) is 4. The first kappa shape index (κ1) is 23.4. The SMILES string of the molecule is Cn1c(-c2ccc(C(N)=O)cc2)cc(C(=O)NCCCc2ccc(Cl)c(Cl)c2)c(O)c1=O. The molecule has 0 bridgehead atoms. The maximum absolute atomic E-state index is 12.6. The van der Waals surface area contributed by atoms with Gasteiger partial charge in [-0.15, -0.1) is 0 Å². The Labute approximate surface area is 194 Å². The molecule has 3 aromatic rings. The van der Waals surface area contributed by atoms with Gasteiger partial charge >= 0.3 is 0 Å². The zero-order chi connectivity index (χ0) is 23.4. The number of aromatic hydroxyl groups is 1. The molecule has 7 nitrogen and oxygen atoms in total. The lowest BCUT2D eigenvalue weighted by Gasteiger charge is -2.13. The first-order chi connectivity index (χ1) is 15.2. The molecular formula is C23H21Cl2N3O4. The molecule has 0 spiro atoms. The topological polar surface area (TPSA) is 114 Å². The largest absolute Gasteiger partial charge is 0.502 e. The van der Waals surface area contributed by atoms with Gasteiger partial charge in [-0.05, 0) is 54.3 Å². The van der Waals surface area contributed by atoms with Crippen molar-refractivity contribution in [3.63, 3.8) is 0 Å². The summed E-state index contributed by atoms with van der Waals surface area (Å²) in [5, 5.41) is 13.9. The van der Waals surface area contributed by atoms with E-state index < -0.39 is 23.1 Å². The molecular weight excluding hydrogens is 453 g/mol. The average Bonchev–Trinajstić information content (AvgIpc) is 2.77. The van der Waals surface area contributed by atoms with Crippen LogP contribution in [0.15, 0.2) is 53.3 Å². The van der Waals surface area contributed by atoms with E-state index in [0.717, 1.165) is 5.56 Å². The molecule has 0 aliphatic carbocycles. The molecule has 0 unspecified atom stereocenters. The van der Waals surface area contributed by atoms with Crippen molar-refractivity contribution in [3.8, 4) is 17.0 Å². The number of aromatic nitrogens is 1. The molecule has 166 valence electrons. The number of nitrogens with one attached hydrogen (secondary N) is 1. The Morgan fingerprint density at radius 2 is 1.75 bits per heavy atom. The second kappa shape index (κ2) is 9.89. The highest BCUT2D eigenvalue weighted by molar-refractivity contribution is 6.42. The minimum absolute atomic E-state index is 0.128. The maximum Gasteiger partial charge on any atom is 0.293 e. The van der Waals surface area contributed by atoms with Gasteiger partial charge in [0.05, 0.1) is 21.3 Å². The number of nitrogens with zero attached hydrogens (tertiary/aromatic N) is 1. The van der Waals surface area contributed by atoms with E-state index in [1.54, 1.807) is 24.3 Å². The van der Waals surface area contributed by atoms with Crippen LogP contribution in [0.4, 0.5) is 0 Å². The summed E-state index contributed by atoms with van der Waals surface area (Å²) < 4.78 is 1.23. The monoisotopic (exact) mass is 473 g/mol. The highest BCUT2D eigenvalue weighted by atomic mass is 35.5. The molecule has 9 heteroatoms. The van der Waals surface area contributed by atoms with Crippen molar-refractivity contribution in [3.05, 3.63) is 85.6 Å². The number of pyridine rings is 1. The quantitative estimate of drug-likeness (QED) is 0.455. The lowest BCUT2D eigenvalue weighted by atomic mass is 10.0. The third kappa shape index (κ3) is 5.12. The summed E-state index contributed by atoms with van der Waals surface area (Å²) >= 11 is 11.9. The molecule has 32 heavy (non-hydrogen) atoms. The molecule has 0 aliphatic rings. The molecule has 0 saturated heterocycles. The van der Waals surface area contributed by atoms with Gasteiger partial charge < -0.3 is 20.7 Å². The van der Waals surface area contributed by atoms with Crippen molar-refractivity contribution in [1.82, 2.24) is 9.88 Å². The first-order valence-electron chi connectivity index (χ1n) is 9.74. The van der Waals surface area contributed by atoms with Crippen LogP contribution in [0.2, 0.25) is 10.0 Å². The van der Waals surface area contributed by atoms with Crippen LogP contribution in [-0.2, 0) is 13.5 Å². The molecule has 4 N–H and O–H groups in total. The van der Waals surface area contributed by atoms with Crippen molar-refractivity contribution in [1.29, 1.82) is 0 Å². The van der Waals surface area contributed by atoms with Crippen molar-refractivity contribution in [2.24, 2.45) is 12.8 Å². The molecule has 0 radical (unpaired) electrons. The number of carbonyl (C=O) groups is 2. The van der Waals surface area contributed by atoms with Gasteiger partial charge in [0, 0.05) is 19.2 Å². The van der Waals surface area contributed by atoms with Crippen LogP contribution in [0.25, 0.3) is 11.3 Å². The number of hydrogen-bond donors (Lipinski definition) is 3. The highest BCUT2D eigenvalue weighted by Crippen LogP contribution is 2.24. The van der Waals surface area contributed by atoms with E-state index in [1.807, 2.05) is 6.07 Å². The predicted molar refractivity (Wildman–Crippen MR) is 124 cm³/mol. The summed E-state index contributed by atoms with van der Waals surface area (Å²) in [6.45, 7) is 0.330. The van der Waals surface area contributed by atoms with Crippen molar-refractivity contribution in [2.75, 3.05) is 6.54 Å². The predicted octanol–water partition coefficient (Wildman–Crippen LogP) is 3.53. The second-order valence-electron chi connectivity index (χ2n) is 7.21. The van der Waals surface area contributed by atoms with E-state index in [9.17, 15) is 19.5 Å². The van der Waals surface area contributed by atoms with E-state index in [1.165, 1.54) is 29.8 Å². The molecule has 1 heterocycles. The smallest absolute Gasteiger partial charge is 0.293 e. The third-order valence-corrected chi connectivity index (χ3v) is 5.77. The lowest BCUT2D eigenvalue weighted by molar-refractivity contribution is 0.0948. The second-order valence-corrected chi connectivity index (χ2v) is 8.02. The number of nitrogens with two attached hydrogens (primary N) is 1. The summed E-state index contributed by atoms with van der Waals surface area (Å²) in [5.41, 5.74) is 6.71. The molecule has 0 fully saturated rings. The summed E-state index contributed by atoms with van der Waals surface area (Å²) in [7, 11) is 1.48. The van der Waals surface area contributed by atoms with Gasteiger partial charge in [0.25, 0.3) is 11.5 Å². The van der Waals surface area contributed by atoms with Gasteiger partial charge in [-0.1, -0.05) is 41.4 Å². The van der Waals surface area contributed by atoms with E-state index in [0.29, 0.717) is 46.3 Å². The standard InChI is InChI=1S/C23H21Cl2N3O4/c1-28-19(14-5-7-15(8-6-14)21(26)30)12-16(20(29)23(28)32)22(31)27-10-2-3-13-4-9-17(24)18(25)11-13/h4-9,11-12,29H,2-3,10H2,1H3,(H2,26,30)(H,27,31). The Bertz CT molecular complexity index is 1240. The fourth-order valence-corrected chi connectivity index (χ4v) is 3.55. The minimum atomic E-state index is -0.706. The Hall–Kier alpha value is -3.29. The fraction of sp³-hybridized carbons (Fsp3) is 0.174. The molecule has 0 saturated carbocycles. The van der Waals surface area contributed by atoms with Crippen LogP contribution < -0.4 is 16.6 Å². The van der Waals surface area contributed by atoms with E-state index in [4.69, 9.17) is 28.9 Å². The number of aryl methyl sites for hydroxylation is 1. The molecule has 2 aromatic carbocycles. The van der Waals surface area contributed by atoms with Crippen LogP contribution in [0.5, 0.6) is 5.75 Å². The molecule has 0 atom stereocenters. The van der Waals surface area contributed by atoms with Gasteiger partial charge in [0.15, 0.2) is 5.75 Å². The summed E-state index contributed by atoms with van der Waals surface area (Å²) in [6.07, 6.45) is 1.29. The number of carbonyl (C=O) groups excluding carboxylic acids is 2. The zero-order valence-electron chi connectivity index (χ0n) is 17.2. The number of rotatable bonds is 7. The van der Waals surface area contributed by atoms with Gasteiger partial charge in [-0.3, -0.25) is 14.4 Å². The van der Waals surface area contributed by atoms with Gasteiger partial charge in [-0.2, -0.15) is 0 Å². The highest BCUT2D eigenvalue weighted by Gasteiger charge is 2.19. The Kier molecular flexibility index (Phi) is 7.22. The summed E-state index contributed by atoms with van der Waals surface area (Å²) in [4.78, 5) is 36.4. The van der Waals surface area contributed by atoms with Crippen molar-refractivity contribution >= 4 is 35.0 Å². The fourth-order valence-electron chi connectivity index (χ4n) is 3.23. The van der Waals surface area contributed by atoms with Crippen LogP contribution >= 0.6 is 23.2 Å². The van der Waals surface area contributed by atoms with Gasteiger partial charge in [-0.25, -0.2) is 0 Å². The molecule has 0 aliphatic heterocycles. The van der Waals surface area contributed by atoms with Crippen molar-refractivity contribution in [2.45, 2.75) is 12.8 Å². The molecule has 1 aromatic heterocycles. The van der Waals surface area contributed by atoms with E-state index >= 15 is 0 Å². The van der Waals surface area contributed by atoms with Gasteiger partial charge in [0.1, 0.15) is 0 Å². The van der Waals surface area contributed by atoms with Crippen LogP contribution in [0, 0.1) is 0 Å². The Balaban J connectivity index is 1.75. The van der Waals surface area contributed by atoms with E-state index in [-0.39, 0.29) is 5.56 Å². The average molecular weight is 474 g/mol. The summed E-state index contributed by atoms with van der Waals surface area (Å²) in [6, 6.07) is 13.1. The number of benzene rings is 2. The third-order valence-electron chi connectivity index (χ3n) is 5.03. The lowest BCUT2D eigenvalue weighted by Crippen LogP contribution is -2.28. The number of halogens is 2. The minimum Gasteiger partial charge on any atom is -0.502 e.